The summed E-state index contributed by atoms with van der Waals surface area (Å²) in [6.45, 7) is 9.01. The molecule has 0 spiro atoms. The number of hydrogen-bond acceptors (Lipinski definition) is 3. The van der Waals surface area contributed by atoms with Gasteiger partial charge in [0, 0.05) is 6.42 Å². The maximum Gasteiger partial charge on any atom is 0.257 e. The second kappa shape index (κ2) is 8.50. The van der Waals surface area contributed by atoms with E-state index < -0.39 is 0 Å². The molecule has 29 heavy (non-hydrogen) atoms. The molecule has 4 nitrogen and oxygen atoms in total. The summed E-state index contributed by atoms with van der Waals surface area (Å²) in [5.41, 5.74) is 5.81. The fraction of sp³-hybridized carbons (Fsp3) is 0.440. The molecule has 1 unspecified atom stereocenters. The largest absolute Gasteiger partial charge is 0.294 e. The first kappa shape index (κ1) is 19.8. The van der Waals surface area contributed by atoms with Crippen molar-refractivity contribution in [1.29, 1.82) is 0 Å². The van der Waals surface area contributed by atoms with Gasteiger partial charge in [-0.2, -0.15) is 5.10 Å². The predicted octanol–water partition coefficient (Wildman–Crippen LogP) is 4.71. The van der Waals surface area contributed by atoms with Crippen LogP contribution >= 0.6 is 0 Å². The zero-order chi connectivity index (χ0) is 20.4. The van der Waals surface area contributed by atoms with Gasteiger partial charge in [0.2, 0.25) is 0 Å². The molecule has 2 aromatic carbocycles. The Balaban J connectivity index is 1.58. The molecular weight excluding hydrogens is 358 g/mol. The number of piperidine rings is 1. The highest BCUT2D eigenvalue weighted by molar-refractivity contribution is 6.03. The molecule has 2 aromatic rings. The molecule has 0 saturated carbocycles. The lowest BCUT2D eigenvalue weighted by atomic mass is 9.96. The highest BCUT2D eigenvalue weighted by atomic mass is 16.2. The Hall–Kier alpha value is -2.46. The third-order valence-corrected chi connectivity index (χ3v) is 6.43. The fourth-order valence-corrected chi connectivity index (χ4v) is 4.25. The summed E-state index contributed by atoms with van der Waals surface area (Å²) < 4.78 is 0. The molecule has 1 fully saturated rings. The fourth-order valence-electron chi connectivity index (χ4n) is 4.25. The van der Waals surface area contributed by atoms with E-state index in [9.17, 15) is 4.79 Å². The van der Waals surface area contributed by atoms with Gasteiger partial charge in [-0.15, -0.1) is 0 Å². The predicted molar refractivity (Wildman–Crippen MR) is 118 cm³/mol. The van der Waals surface area contributed by atoms with Crippen molar-refractivity contribution in [2.45, 2.75) is 46.1 Å². The highest BCUT2D eigenvalue weighted by Crippen LogP contribution is 2.33. The van der Waals surface area contributed by atoms with Crippen LogP contribution in [0.1, 0.15) is 54.5 Å². The molecule has 4 heteroatoms. The maximum absolute atomic E-state index is 13.3. The maximum atomic E-state index is 13.3. The Morgan fingerprint density at radius 2 is 1.76 bits per heavy atom. The summed E-state index contributed by atoms with van der Waals surface area (Å²) in [6.07, 6.45) is 3.11. The molecule has 0 N–H and O–H groups in total. The first-order valence-electron chi connectivity index (χ1n) is 10.8. The third kappa shape index (κ3) is 4.43. The van der Waals surface area contributed by atoms with Crippen LogP contribution in [0.25, 0.3) is 0 Å². The molecule has 0 aromatic heterocycles. The second-order valence-corrected chi connectivity index (χ2v) is 8.67. The average molecular weight is 390 g/mol. The van der Waals surface area contributed by atoms with E-state index in [2.05, 4.69) is 56.0 Å². The van der Waals surface area contributed by atoms with Crippen LogP contribution in [0.15, 0.2) is 53.6 Å². The molecule has 1 atom stereocenters. The highest BCUT2D eigenvalue weighted by Gasteiger charge is 2.34. The molecule has 2 aliphatic rings. The molecule has 0 radical (unpaired) electrons. The van der Waals surface area contributed by atoms with Crippen LogP contribution in [0.5, 0.6) is 0 Å². The topological polar surface area (TPSA) is 35.9 Å². The van der Waals surface area contributed by atoms with Gasteiger partial charge in [0.05, 0.1) is 18.3 Å². The summed E-state index contributed by atoms with van der Waals surface area (Å²) in [5.74, 6) is 0.867. The van der Waals surface area contributed by atoms with Gasteiger partial charge in [0.15, 0.2) is 0 Å². The Morgan fingerprint density at radius 1 is 1.03 bits per heavy atom. The van der Waals surface area contributed by atoms with Crippen LogP contribution in [0.3, 0.4) is 0 Å². The Morgan fingerprint density at radius 3 is 2.45 bits per heavy atom. The summed E-state index contributed by atoms with van der Waals surface area (Å²) in [7, 11) is 0. The Labute approximate surface area is 174 Å². The number of rotatable bonds is 4. The van der Waals surface area contributed by atoms with Crippen LogP contribution in [0, 0.1) is 19.8 Å². The van der Waals surface area contributed by atoms with Gasteiger partial charge in [-0.3, -0.25) is 9.69 Å². The van der Waals surface area contributed by atoms with Crippen molar-refractivity contribution in [2.24, 2.45) is 11.0 Å². The van der Waals surface area contributed by atoms with Gasteiger partial charge >= 0.3 is 0 Å². The smallest absolute Gasteiger partial charge is 0.257 e. The van der Waals surface area contributed by atoms with Crippen molar-refractivity contribution >= 4 is 11.6 Å². The first-order chi connectivity index (χ1) is 14.0. The molecule has 2 aliphatic heterocycles. The van der Waals surface area contributed by atoms with Gasteiger partial charge in [-0.05, 0) is 74.0 Å². The van der Waals surface area contributed by atoms with E-state index in [0.29, 0.717) is 6.54 Å². The van der Waals surface area contributed by atoms with E-state index >= 15 is 0 Å². The monoisotopic (exact) mass is 389 g/mol. The standard InChI is InChI=1S/C25H31N3O/c1-18-11-13-27(14-12-18)17-25(29)28-24(21-7-5-4-6-8-21)16-23(26-28)22-10-9-19(2)20(3)15-22/h4-10,15,18,24H,11-14,16-17H2,1-3H3. The normalized spacial score (nSPS) is 20.7. The summed E-state index contributed by atoms with van der Waals surface area (Å²) in [6, 6.07) is 16.7. The van der Waals surface area contributed by atoms with Crippen molar-refractivity contribution in [3.63, 3.8) is 0 Å². The van der Waals surface area contributed by atoms with Crippen LogP contribution in [-0.4, -0.2) is 41.2 Å². The second-order valence-electron chi connectivity index (χ2n) is 8.67. The van der Waals surface area contributed by atoms with E-state index in [1.165, 1.54) is 24.0 Å². The van der Waals surface area contributed by atoms with E-state index in [0.717, 1.165) is 42.3 Å². The van der Waals surface area contributed by atoms with E-state index in [1.54, 1.807) is 5.01 Å². The number of aryl methyl sites for hydroxylation is 2. The molecule has 2 heterocycles. The number of nitrogens with zero attached hydrogens (tertiary/aromatic N) is 3. The van der Waals surface area contributed by atoms with Crippen molar-refractivity contribution < 1.29 is 4.79 Å². The zero-order valence-corrected chi connectivity index (χ0v) is 17.8. The van der Waals surface area contributed by atoms with Gasteiger partial charge in [-0.25, -0.2) is 5.01 Å². The molecule has 1 saturated heterocycles. The third-order valence-electron chi connectivity index (χ3n) is 6.43. The lowest BCUT2D eigenvalue weighted by molar-refractivity contribution is -0.134. The number of benzene rings is 2. The minimum absolute atomic E-state index is 0.0241. The lowest BCUT2D eigenvalue weighted by Gasteiger charge is -2.31. The quantitative estimate of drug-likeness (QED) is 0.759. The van der Waals surface area contributed by atoms with Crippen molar-refractivity contribution in [3.05, 3.63) is 70.8 Å². The van der Waals surface area contributed by atoms with Crippen molar-refractivity contribution in [2.75, 3.05) is 19.6 Å². The number of hydrazone groups is 1. The average Bonchev–Trinajstić information content (AvgIpc) is 3.18. The Kier molecular flexibility index (Phi) is 5.81. The Bertz CT molecular complexity index is 898. The zero-order valence-electron chi connectivity index (χ0n) is 17.8. The minimum Gasteiger partial charge on any atom is -0.294 e. The minimum atomic E-state index is -0.0241. The van der Waals surface area contributed by atoms with Gasteiger partial charge < -0.3 is 0 Å². The number of carbonyl (C=O) groups is 1. The molecule has 4 rings (SSSR count). The summed E-state index contributed by atoms with van der Waals surface area (Å²) >= 11 is 0. The van der Waals surface area contributed by atoms with Crippen molar-refractivity contribution in [3.8, 4) is 0 Å². The van der Waals surface area contributed by atoms with Crippen molar-refractivity contribution in [1.82, 2.24) is 9.91 Å². The first-order valence-corrected chi connectivity index (χ1v) is 10.8. The number of likely N-dealkylation sites (tertiary alicyclic amines) is 1. The molecule has 152 valence electrons. The van der Waals surface area contributed by atoms with Crippen LogP contribution in [-0.2, 0) is 4.79 Å². The molecular formula is C25H31N3O. The molecule has 0 aliphatic carbocycles. The van der Waals surface area contributed by atoms with Crippen LogP contribution in [0.2, 0.25) is 0 Å². The number of amides is 1. The van der Waals surface area contributed by atoms with E-state index in [4.69, 9.17) is 5.10 Å². The number of carbonyl (C=O) groups excluding carboxylic acids is 1. The van der Waals surface area contributed by atoms with E-state index in [1.807, 2.05) is 18.2 Å². The molecule has 0 bridgehead atoms. The van der Waals surface area contributed by atoms with E-state index in [-0.39, 0.29) is 11.9 Å². The van der Waals surface area contributed by atoms with Crippen LogP contribution in [0.4, 0.5) is 0 Å². The molecule has 1 amide bonds. The van der Waals surface area contributed by atoms with Gasteiger partial charge in [-0.1, -0.05) is 49.4 Å². The lowest BCUT2D eigenvalue weighted by Crippen LogP contribution is -2.41. The summed E-state index contributed by atoms with van der Waals surface area (Å²) in [4.78, 5) is 15.5. The van der Waals surface area contributed by atoms with Gasteiger partial charge in [0.25, 0.3) is 5.91 Å². The van der Waals surface area contributed by atoms with Gasteiger partial charge in [0.1, 0.15) is 0 Å². The van der Waals surface area contributed by atoms with Crippen LogP contribution < -0.4 is 0 Å². The number of hydrogen-bond donors (Lipinski definition) is 0. The summed E-state index contributed by atoms with van der Waals surface area (Å²) in [5, 5.41) is 6.59. The SMILES string of the molecule is Cc1ccc(C2=NN(C(=O)CN3CCC(C)CC3)C(c3ccccc3)C2)cc1C.